The summed E-state index contributed by atoms with van der Waals surface area (Å²) >= 11 is 5.73. The van der Waals surface area contributed by atoms with Gasteiger partial charge in [0.25, 0.3) is 0 Å². The molecule has 0 bridgehead atoms. The highest BCUT2D eigenvalue weighted by Gasteiger charge is 2.19. The lowest BCUT2D eigenvalue weighted by molar-refractivity contribution is 0.115. The van der Waals surface area contributed by atoms with Gasteiger partial charge in [-0.2, -0.15) is 0 Å². The fraction of sp³-hybridized carbons (Fsp3) is 0.455. The number of hydrogen-bond donors (Lipinski definition) is 1. The molecule has 0 fully saturated rings. The van der Waals surface area contributed by atoms with Crippen molar-refractivity contribution in [2.45, 2.75) is 26.4 Å². The summed E-state index contributed by atoms with van der Waals surface area (Å²) < 4.78 is 25.7. The lowest BCUT2D eigenvalue weighted by Gasteiger charge is -2.18. The van der Waals surface area contributed by atoms with E-state index in [1.165, 1.54) is 0 Å². The van der Waals surface area contributed by atoms with Gasteiger partial charge in [-0.1, -0.05) is 31.9 Å². The zero-order chi connectivity index (χ0) is 11.6. The highest BCUT2D eigenvalue weighted by atomic mass is 35.5. The molecule has 0 aliphatic heterocycles. The second kappa shape index (κ2) is 4.90. The van der Waals surface area contributed by atoms with Crippen LogP contribution in [0.3, 0.4) is 0 Å². The van der Waals surface area contributed by atoms with Gasteiger partial charge in [-0.3, -0.25) is 0 Å². The molecule has 0 spiro atoms. The maximum absolute atomic E-state index is 12.9. The molecule has 2 unspecified atom stereocenters. The van der Waals surface area contributed by atoms with E-state index in [-0.39, 0.29) is 16.5 Å². The Labute approximate surface area is 92.7 Å². The Morgan fingerprint density at radius 2 is 1.87 bits per heavy atom. The summed E-state index contributed by atoms with van der Waals surface area (Å²) in [5.41, 5.74) is 0.241. The predicted octanol–water partition coefficient (Wildman–Crippen LogP) is 3.70. The summed E-state index contributed by atoms with van der Waals surface area (Å²) in [5, 5.41) is 9.87. The van der Waals surface area contributed by atoms with Crippen LogP contribution >= 0.6 is 11.6 Å². The van der Waals surface area contributed by atoms with Crippen molar-refractivity contribution in [1.29, 1.82) is 0 Å². The minimum absolute atomic E-state index is 0.0487. The maximum Gasteiger partial charge on any atom is 0.160 e. The fourth-order valence-electron chi connectivity index (χ4n) is 1.29. The van der Waals surface area contributed by atoms with Crippen molar-refractivity contribution >= 4 is 11.6 Å². The zero-order valence-electron chi connectivity index (χ0n) is 8.60. The van der Waals surface area contributed by atoms with Crippen LogP contribution in [0.15, 0.2) is 12.1 Å². The summed E-state index contributed by atoms with van der Waals surface area (Å²) in [6.45, 7) is 3.73. The van der Waals surface area contributed by atoms with Crippen molar-refractivity contribution in [2.75, 3.05) is 0 Å². The number of hydrogen-bond acceptors (Lipinski definition) is 1. The monoisotopic (exact) mass is 234 g/mol. The normalized spacial score (nSPS) is 15.1. The predicted molar refractivity (Wildman–Crippen MR) is 55.8 cm³/mol. The van der Waals surface area contributed by atoms with Gasteiger partial charge >= 0.3 is 0 Å². The molecule has 0 heterocycles. The first-order chi connectivity index (χ1) is 6.97. The Morgan fingerprint density at radius 1 is 1.33 bits per heavy atom. The SMILES string of the molecule is CCC(C)C(O)c1cc(F)c(F)cc1Cl. The summed E-state index contributed by atoms with van der Waals surface area (Å²) in [6, 6.07) is 1.84. The van der Waals surface area contributed by atoms with Gasteiger partial charge in [0.1, 0.15) is 0 Å². The highest BCUT2D eigenvalue weighted by Crippen LogP contribution is 2.31. The van der Waals surface area contributed by atoms with Gasteiger partial charge in [0.15, 0.2) is 11.6 Å². The second-order valence-corrected chi connectivity index (χ2v) is 4.03. The number of aliphatic hydroxyl groups excluding tert-OH is 1. The van der Waals surface area contributed by atoms with Crippen LogP contribution in [-0.2, 0) is 0 Å². The molecule has 84 valence electrons. The molecule has 0 amide bonds. The topological polar surface area (TPSA) is 20.2 Å². The lowest BCUT2D eigenvalue weighted by atomic mass is 9.95. The van der Waals surface area contributed by atoms with E-state index in [0.29, 0.717) is 0 Å². The molecule has 0 radical (unpaired) electrons. The molecule has 0 aromatic heterocycles. The molecule has 0 saturated carbocycles. The van der Waals surface area contributed by atoms with Crippen LogP contribution in [0.4, 0.5) is 8.78 Å². The van der Waals surface area contributed by atoms with E-state index in [2.05, 4.69) is 0 Å². The summed E-state index contributed by atoms with van der Waals surface area (Å²) in [4.78, 5) is 0. The fourth-order valence-corrected chi connectivity index (χ4v) is 1.56. The van der Waals surface area contributed by atoms with E-state index in [4.69, 9.17) is 11.6 Å². The van der Waals surface area contributed by atoms with Gasteiger partial charge in [0, 0.05) is 10.6 Å². The largest absolute Gasteiger partial charge is 0.388 e. The van der Waals surface area contributed by atoms with Gasteiger partial charge in [-0.25, -0.2) is 8.78 Å². The molecule has 0 aliphatic carbocycles. The van der Waals surface area contributed by atoms with E-state index < -0.39 is 17.7 Å². The second-order valence-electron chi connectivity index (χ2n) is 3.62. The third-order valence-corrected chi connectivity index (χ3v) is 2.87. The molecule has 0 saturated heterocycles. The lowest BCUT2D eigenvalue weighted by Crippen LogP contribution is -2.09. The van der Waals surface area contributed by atoms with E-state index in [0.717, 1.165) is 18.6 Å². The first kappa shape index (κ1) is 12.4. The van der Waals surface area contributed by atoms with Crippen molar-refractivity contribution in [2.24, 2.45) is 5.92 Å². The van der Waals surface area contributed by atoms with Crippen LogP contribution in [0.2, 0.25) is 5.02 Å². The molecule has 1 rings (SSSR count). The zero-order valence-corrected chi connectivity index (χ0v) is 9.35. The number of rotatable bonds is 3. The van der Waals surface area contributed by atoms with Crippen LogP contribution < -0.4 is 0 Å². The third-order valence-electron chi connectivity index (χ3n) is 2.54. The first-order valence-electron chi connectivity index (χ1n) is 4.79. The van der Waals surface area contributed by atoms with Gasteiger partial charge in [0.2, 0.25) is 0 Å². The van der Waals surface area contributed by atoms with Gasteiger partial charge in [-0.15, -0.1) is 0 Å². The van der Waals surface area contributed by atoms with Gasteiger partial charge in [0.05, 0.1) is 6.10 Å². The van der Waals surface area contributed by atoms with E-state index in [1.54, 1.807) is 0 Å². The van der Waals surface area contributed by atoms with Gasteiger partial charge < -0.3 is 5.11 Å². The molecular formula is C11H13ClF2O. The van der Waals surface area contributed by atoms with Gasteiger partial charge in [-0.05, 0) is 18.1 Å². The molecule has 4 heteroatoms. The molecular weight excluding hydrogens is 222 g/mol. The average Bonchev–Trinajstić information content (AvgIpc) is 2.21. The quantitative estimate of drug-likeness (QED) is 0.791. The Bertz CT molecular complexity index is 355. The Balaban J connectivity index is 3.09. The first-order valence-corrected chi connectivity index (χ1v) is 5.17. The van der Waals surface area contributed by atoms with Crippen molar-refractivity contribution < 1.29 is 13.9 Å². The van der Waals surface area contributed by atoms with E-state index in [9.17, 15) is 13.9 Å². The van der Waals surface area contributed by atoms with Crippen LogP contribution in [0.5, 0.6) is 0 Å². The molecule has 2 atom stereocenters. The summed E-state index contributed by atoms with van der Waals surface area (Å²) in [6.07, 6.45) is -0.131. The third kappa shape index (κ3) is 2.67. The summed E-state index contributed by atoms with van der Waals surface area (Å²) in [5.74, 6) is -2.04. The van der Waals surface area contributed by atoms with Crippen LogP contribution in [-0.4, -0.2) is 5.11 Å². The minimum Gasteiger partial charge on any atom is -0.388 e. The van der Waals surface area contributed by atoms with Crippen LogP contribution in [0.1, 0.15) is 31.9 Å². The van der Waals surface area contributed by atoms with Crippen molar-refractivity contribution in [3.05, 3.63) is 34.4 Å². The molecule has 1 aromatic carbocycles. The number of halogens is 3. The molecule has 0 aliphatic rings. The maximum atomic E-state index is 12.9. The molecule has 15 heavy (non-hydrogen) atoms. The Kier molecular flexibility index (Phi) is 4.05. The van der Waals surface area contributed by atoms with E-state index in [1.807, 2.05) is 13.8 Å². The molecule has 1 N–H and O–H groups in total. The molecule has 1 aromatic rings. The van der Waals surface area contributed by atoms with Crippen molar-refractivity contribution in [3.8, 4) is 0 Å². The Hall–Kier alpha value is -0.670. The smallest absolute Gasteiger partial charge is 0.160 e. The molecule has 1 nitrogen and oxygen atoms in total. The van der Waals surface area contributed by atoms with Crippen molar-refractivity contribution in [1.82, 2.24) is 0 Å². The Morgan fingerprint density at radius 3 is 2.40 bits per heavy atom. The van der Waals surface area contributed by atoms with Crippen molar-refractivity contribution in [3.63, 3.8) is 0 Å². The van der Waals surface area contributed by atoms with Crippen LogP contribution in [0, 0.1) is 17.6 Å². The van der Waals surface area contributed by atoms with E-state index >= 15 is 0 Å². The minimum atomic E-state index is -1.000. The number of benzene rings is 1. The van der Waals surface area contributed by atoms with Crippen LogP contribution in [0.25, 0.3) is 0 Å². The number of aliphatic hydroxyl groups is 1. The highest BCUT2D eigenvalue weighted by molar-refractivity contribution is 6.31. The standard InChI is InChI=1S/C11H13ClF2O/c1-3-6(2)11(15)7-4-9(13)10(14)5-8(7)12/h4-6,11,15H,3H2,1-2H3. The summed E-state index contributed by atoms with van der Waals surface area (Å²) in [7, 11) is 0. The average molecular weight is 235 g/mol.